The molecular formula is C23H38N2. The van der Waals surface area contributed by atoms with Gasteiger partial charge in [0.1, 0.15) is 6.17 Å². The molecule has 0 aromatic heterocycles. The minimum atomic E-state index is 0.371. The molecule has 1 aromatic carbocycles. The van der Waals surface area contributed by atoms with Crippen LogP contribution in [0, 0.1) is 0 Å². The van der Waals surface area contributed by atoms with Gasteiger partial charge in [0.15, 0.2) is 0 Å². The predicted molar refractivity (Wildman–Crippen MR) is 109 cm³/mol. The van der Waals surface area contributed by atoms with Crippen molar-refractivity contribution in [3.05, 3.63) is 48.3 Å². The van der Waals surface area contributed by atoms with Crippen LogP contribution in [0.1, 0.15) is 90.3 Å². The Labute approximate surface area is 155 Å². The van der Waals surface area contributed by atoms with E-state index in [1.165, 1.54) is 63.4 Å². The SMILES string of the molecule is CCCCCCCCCCCN1C=CN(C(C)C)C1c1ccccc1. The van der Waals surface area contributed by atoms with Crippen molar-refractivity contribution in [3.8, 4) is 0 Å². The summed E-state index contributed by atoms with van der Waals surface area (Å²) in [6, 6.07) is 11.5. The lowest BCUT2D eigenvalue weighted by molar-refractivity contribution is 0.126. The molecule has 25 heavy (non-hydrogen) atoms. The van der Waals surface area contributed by atoms with E-state index < -0.39 is 0 Å². The first kappa shape index (κ1) is 19.9. The average molecular weight is 343 g/mol. The maximum Gasteiger partial charge on any atom is 0.127 e. The molecule has 1 aliphatic rings. The Morgan fingerprint density at radius 1 is 0.800 bits per heavy atom. The average Bonchev–Trinajstić information content (AvgIpc) is 3.05. The van der Waals surface area contributed by atoms with Crippen LogP contribution in [0.15, 0.2) is 42.7 Å². The highest BCUT2D eigenvalue weighted by molar-refractivity contribution is 5.22. The summed E-state index contributed by atoms with van der Waals surface area (Å²) in [4.78, 5) is 5.00. The third-order valence-electron chi connectivity index (χ3n) is 5.24. The Balaban J connectivity index is 1.72. The predicted octanol–water partition coefficient (Wildman–Crippen LogP) is 6.71. The summed E-state index contributed by atoms with van der Waals surface area (Å²) in [5.74, 6) is 0. The molecule has 0 bridgehead atoms. The van der Waals surface area contributed by atoms with Crippen molar-refractivity contribution in [2.45, 2.75) is 90.8 Å². The van der Waals surface area contributed by atoms with Crippen LogP contribution in [0.2, 0.25) is 0 Å². The third kappa shape index (κ3) is 6.41. The second kappa shape index (κ2) is 11.2. The molecule has 0 N–H and O–H groups in total. The number of nitrogens with zero attached hydrogens (tertiary/aromatic N) is 2. The van der Waals surface area contributed by atoms with Crippen molar-refractivity contribution in [1.29, 1.82) is 0 Å². The van der Waals surface area contributed by atoms with Crippen molar-refractivity contribution in [1.82, 2.24) is 9.80 Å². The molecule has 0 spiro atoms. The first-order valence-electron chi connectivity index (χ1n) is 10.5. The lowest BCUT2D eigenvalue weighted by atomic mass is 10.1. The second-order valence-corrected chi connectivity index (χ2v) is 7.69. The van der Waals surface area contributed by atoms with Gasteiger partial charge >= 0.3 is 0 Å². The molecule has 0 amide bonds. The van der Waals surface area contributed by atoms with Gasteiger partial charge in [0.25, 0.3) is 0 Å². The Morgan fingerprint density at radius 2 is 1.40 bits per heavy atom. The molecule has 140 valence electrons. The largest absolute Gasteiger partial charge is 0.352 e. The molecular weight excluding hydrogens is 304 g/mol. The minimum absolute atomic E-state index is 0.371. The van der Waals surface area contributed by atoms with Crippen LogP contribution in [0.25, 0.3) is 0 Å². The summed E-state index contributed by atoms with van der Waals surface area (Å²) in [7, 11) is 0. The molecule has 1 atom stereocenters. The first-order chi connectivity index (χ1) is 12.2. The summed E-state index contributed by atoms with van der Waals surface area (Å²) in [6.07, 6.45) is 17.5. The maximum absolute atomic E-state index is 2.52. The topological polar surface area (TPSA) is 6.48 Å². The molecule has 2 heteroatoms. The molecule has 0 radical (unpaired) electrons. The zero-order valence-corrected chi connectivity index (χ0v) is 16.7. The molecule has 0 fully saturated rings. The Kier molecular flexibility index (Phi) is 8.93. The van der Waals surface area contributed by atoms with E-state index >= 15 is 0 Å². The van der Waals surface area contributed by atoms with E-state index in [9.17, 15) is 0 Å². The van der Waals surface area contributed by atoms with Gasteiger partial charge in [-0.05, 0) is 25.8 Å². The fourth-order valence-electron chi connectivity index (χ4n) is 3.74. The summed E-state index contributed by atoms with van der Waals surface area (Å²) < 4.78 is 0. The van der Waals surface area contributed by atoms with Crippen molar-refractivity contribution < 1.29 is 0 Å². The van der Waals surface area contributed by atoms with Gasteiger partial charge in [-0.1, -0.05) is 88.6 Å². The molecule has 2 rings (SSSR count). The van der Waals surface area contributed by atoms with Crippen LogP contribution in [-0.2, 0) is 0 Å². The van der Waals surface area contributed by atoms with E-state index in [2.05, 4.69) is 73.3 Å². The highest BCUT2D eigenvalue weighted by Crippen LogP contribution is 2.32. The normalized spacial score (nSPS) is 17.0. The van der Waals surface area contributed by atoms with Crippen molar-refractivity contribution in [3.63, 3.8) is 0 Å². The molecule has 0 saturated heterocycles. The number of benzene rings is 1. The Morgan fingerprint density at radius 3 is 2.00 bits per heavy atom. The number of unbranched alkanes of at least 4 members (excludes halogenated alkanes) is 8. The molecule has 0 saturated carbocycles. The van der Waals surface area contributed by atoms with Crippen LogP contribution in [0.4, 0.5) is 0 Å². The summed E-state index contributed by atoms with van der Waals surface area (Å²) in [6.45, 7) is 8.01. The van der Waals surface area contributed by atoms with Crippen LogP contribution in [0.3, 0.4) is 0 Å². The van der Waals surface area contributed by atoms with Gasteiger partial charge in [0.2, 0.25) is 0 Å². The van der Waals surface area contributed by atoms with E-state index in [0.29, 0.717) is 12.2 Å². The van der Waals surface area contributed by atoms with Crippen LogP contribution < -0.4 is 0 Å². The van der Waals surface area contributed by atoms with Crippen molar-refractivity contribution in [2.75, 3.05) is 6.54 Å². The van der Waals surface area contributed by atoms with E-state index in [4.69, 9.17) is 0 Å². The Bertz CT molecular complexity index is 480. The Hall–Kier alpha value is -1.44. The molecule has 1 aliphatic heterocycles. The zero-order valence-electron chi connectivity index (χ0n) is 16.7. The summed E-state index contributed by atoms with van der Waals surface area (Å²) in [5.41, 5.74) is 1.40. The highest BCUT2D eigenvalue weighted by atomic mass is 15.4. The van der Waals surface area contributed by atoms with Gasteiger partial charge in [0, 0.05) is 25.0 Å². The van der Waals surface area contributed by atoms with Crippen molar-refractivity contribution >= 4 is 0 Å². The molecule has 1 aromatic rings. The fourth-order valence-corrected chi connectivity index (χ4v) is 3.74. The van der Waals surface area contributed by atoms with Gasteiger partial charge in [-0.2, -0.15) is 0 Å². The molecule has 0 aliphatic carbocycles. The van der Waals surface area contributed by atoms with Gasteiger partial charge in [0.05, 0.1) is 0 Å². The lowest BCUT2D eigenvalue weighted by Gasteiger charge is -2.35. The van der Waals surface area contributed by atoms with Gasteiger partial charge < -0.3 is 9.80 Å². The summed E-state index contributed by atoms with van der Waals surface area (Å²) in [5, 5.41) is 0. The quantitative estimate of drug-likeness (QED) is 0.389. The fraction of sp³-hybridized carbons (Fsp3) is 0.652. The standard InChI is InChI=1S/C23H38N2/c1-4-5-6-7-8-9-10-11-15-18-24-19-20-25(21(2)3)23(24)22-16-13-12-14-17-22/h12-14,16-17,19-21,23H,4-11,15,18H2,1-3H3. The minimum Gasteiger partial charge on any atom is -0.352 e. The first-order valence-corrected chi connectivity index (χ1v) is 10.5. The van der Waals surface area contributed by atoms with Crippen LogP contribution >= 0.6 is 0 Å². The number of rotatable bonds is 12. The molecule has 1 heterocycles. The van der Waals surface area contributed by atoms with Gasteiger partial charge in [-0.3, -0.25) is 0 Å². The van der Waals surface area contributed by atoms with Crippen LogP contribution in [0.5, 0.6) is 0 Å². The number of hydrogen-bond acceptors (Lipinski definition) is 2. The summed E-state index contributed by atoms with van der Waals surface area (Å²) >= 11 is 0. The number of hydrogen-bond donors (Lipinski definition) is 0. The maximum atomic E-state index is 2.52. The molecule has 1 unspecified atom stereocenters. The van der Waals surface area contributed by atoms with E-state index in [1.54, 1.807) is 0 Å². The van der Waals surface area contributed by atoms with Crippen LogP contribution in [-0.4, -0.2) is 22.4 Å². The smallest absolute Gasteiger partial charge is 0.127 e. The lowest BCUT2D eigenvalue weighted by Crippen LogP contribution is -2.35. The molecule has 2 nitrogen and oxygen atoms in total. The van der Waals surface area contributed by atoms with E-state index in [1.807, 2.05) is 0 Å². The second-order valence-electron chi connectivity index (χ2n) is 7.69. The highest BCUT2D eigenvalue weighted by Gasteiger charge is 2.28. The van der Waals surface area contributed by atoms with Gasteiger partial charge in [-0.15, -0.1) is 0 Å². The van der Waals surface area contributed by atoms with E-state index in [-0.39, 0.29) is 0 Å². The van der Waals surface area contributed by atoms with Crippen molar-refractivity contribution in [2.24, 2.45) is 0 Å². The van der Waals surface area contributed by atoms with E-state index in [0.717, 1.165) is 6.54 Å². The third-order valence-corrected chi connectivity index (χ3v) is 5.24. The zero-order chi connectivity index (χ0) is 17.9. The monoisotopic (exact) mass is 342 g/mol. The van der Waals surface area contributed by atoms with Gasteiger partial charge in [-0.25, -0.2) is 0 Å².